The highest BCUT2D eigenvalue weighted by Gasteiger charge is 2.31. The van der Waals surface area contributed by atoms with Crippen molar-refractivity contribution in [2.24, 2.45) is 0 Å². The molecule has 0 aliphatic rings. The number of rotatable bonds is 5. The molecule has 0 unspecified atom stereocenters. The Bertz CT molecular complexity index is 590. The Kier molecular flexibility index (Phi) is 4.93. The first-order valence-corrected chi connectivity index (χ1v) is 6.79. The fourth-order valence-corrected chi connectivity index (χ4v) is 2.48. The molecule has 0 saturated heterocycles. The van der Waals surface area contributed by atoms with Crippen molar-refractivity contribution < 1.29 is 19.0 Å². The van der Waals surface area contributed by atoms with Crippen molar-refractivity contribution in [3.8, 4) is 0 Å². The van der Waals surface area contributed by atoms with Gasteiger partial charge in [-0.15, -0.1) is 0 Å². The summed E-state index contributed by atoms with van der Waals surface area (Å²) >= 11 is 5.83. The normalized spacial score (nSPS) is 11.7. The van der Waals surface area contributed by atoms with E-state index >= 15 is 0 Å². The summed E-state index contributed by atoms with van der Waals surface area (Å²) in [6, 6.07) is 9.82. The topological polar surface area (TPSA) is 40.5 Å². The lowest BCUT2D eigenvalue weighted by Crippen LogP contribution is -2.37. The predicted octanol–water partition coefficient (Wildman–Crippen LogP) is 3.08. The van der Waals surface area contributed by atoms with Gasteiger partial charge >= 0.3 is 0 Å². The van der Waals surface area contributed by atoms with Crippen molar-refractivity contribution in [2.75, 3.05) is 13.2 Å². The highest BCUT2D eigenvalue weighted by atomic mass is 35.5. The highest BCUT2D eigenvalue weighted by Crippen LogP contribution is 2.29. The van der Waals surface area contributed by atoms with E-state index in [1.165, 1.54) is 12.1 Å². The van der Waals surface area contributed by atoms with E-state index < -0.39 is 17.0 Å². The Labute approximate surface area is 126 Å². The molecule has 2 aromatic rings. The predicted molar refractivity (Wildman–Crippen MR) is 77.4 cm³/mol. The SMILES string of the molecule is OCC(CO)(Cc1cc(F)cc(F)c1)c1ccc(Cl)cc1. The van der Waals surface area contributed by atoms with Gasteiger partial charge in [0, 0.05) is 16.5 Å². The third-order valence-corrected chi connectivity index (χ3v) is 3.78. The second-order valence-corrected chi connectivity index (χ2v) is 5.49. The molecule has 2 aromatic carbocycles. The molecule has 0 fully saturated rings. The average molecular weight is 313 g/mol. The van der Waals surface area contributed by atoms with E-state index in [1.54, 1.807) is 24.3 Å². The third kappa shape index (κ3) is 3.59. The molecule has 0 atom stereocenters. The summed E-state index contributed by atoms with van der Waals surface area (Å²) in [5.74, 6) is -1.38. The van der Waals surface area contributed by atoms with Gasteiger partial charge in [-0.25, -0.2) is 8.78 Å². The number of hydrogen-bond acceptors (Lipinski definition) is 2. The second-order valence-electron chi connectivity index (χ2n) is 5.06. The first-order valence-electron chi connectivity index (χ1n) is 6.42. The third-order valence-electron chi connectivity index (χ3n) is 3.53. The number of hydrogen-bond donors (Lipinski definition) is 2. The zero-order valence-corrected chi connectivity index (χ0v) is 11.9. The Morgan fingerprint density at radius 1 is 0.905 bits per heavy atom. The van der Waals surface area contributed by atoms with Crippen LogP contribution in [0.1, 0.15) is 11.1 Å². The second kappa shape index (κ2) is 6.52. The molecule has 0 aromatic heterocycles. The van der Waals surface area contributed by atoms with E-state index in [9.17, 15) is 19.0 Å². The van der Waals surface area contributed by atoms with Crippen LogP contribution in [0, 0.1) is 11.6 Å². The fourth-order valence-electron chi connectivity index (χ4n) is 2.35. The van der Waals surface area contributed by atoms with E-state index in [2.05, 4.69) is 0 Å². The number of halogens is 3. The molecule has 2 nitrogen and oxygen atoms in total. The Hall–Kier alpha value is -1.49. The van der Waals surface area contributed by atoms with E-state index in [-0.39, 0.29) is 19.6 Å². The summed E-state index contributed by atoms with van der Waals surface area (Å²) in [5, 5.41) is 20.0. The smallest absolute Gasteiger partial charge is 0.126 e. The number of aliphatic hydroxyl groups excluding tert-OH is 2. The van der Waals surface area contributed by atoms with Crippen LogP contribution >= 0.6 is 11.6 Å². The van der Waals surface area contributed by atoms with Crippen LogP contribution in [0.25, 0.3) is 0 Å². The molecule has 2 rings (SSSR count). The van der Waals surface area contributed by atoms with Gasteiger partial charge in [-0.3, -0.25) is 0 Å². The molecule has 0 radical (unpaired) electrons. The van der Waals surface area contributed by atoms with Crippen LogP contribution in [-0.4, -0.2) is 23.4 Å². The lowest BCUT2D eigenvalue weighted by atomic mass is 9.77. The van der Waals surface area contributed by atoms with Crippen LogP contribution < -0.4 is 0 Å². The van der Waals surface area contributed by atoms with Crippen LogP contribution in [0.3, 0.4) is 0 Å². The average Bonchev–Trinajstić information content (AvgIpc) is 2.45. The summed E-state index contributed by atoms with van der Waals surface area (Å²) in [6.07, 6.45) is 0.107. The Morgan fingerprint density at radius 2 is 1.43 bits per heavy atom. The first-order chi connectivity index (χ1) is 9.99. The van der Waals surface area contributed by atoms with Crippen molar-refractivity contribution in [1.82, 2.24) is 0 Å². The lowest BCUT2D eigenvalue weighted by Gasteiger charge is -2.30. The summed E-state index contributed by atoms with van der Waals surface area (Å²) in [6.45, 7) is -0.716. The van der Waals surface area contributed by atoms with Crippen LogP contribution in [0.5, 0.6) is 0 Å². The lowest BCUT2D eigenvalue weighted by molar-refractivity contribution is 0.116. The van der Waals surface area contributed by atoms with Crippen molar-refractivity contribution in [1.29, 1.82) is 0 Å². The maximum atomic E-state index is 13.3. The standard InChI is InChI=1S/C16H15ClF2O2/c17-13-3-1-12(2-4-13)16(9-20,10-21)8-11-5-14(18)7-15(19)6-11/h1-7,20-21H,8-10H2. The van der Waals surface area contributed by atoms with Gasteiger partial charge in [-0.2, -0.15) is 0 Å². The molecule has 112 valence electrons. The van der Waals surface area contributed by atoms with Crippen LogP contribution in [0.4, 0.5) is 8.78 Å². The minimum absolute atomic E-state index is 0.107. The largest absolute Gasteiger partial charge is 0.395 e. The highest BCUT2D eigenvalue weighted by molar-refractivity contribution is 6.30. The summed E-state index contributed by atoms with van der Waals surface area (Å²) < 4.78 is 26.6. The summed E-state index contributed by atoms with van der Waals surface area (Å²) in [4.78, 5) is 0. The molecule has 2 N–H and O–H groups in total. The Balaban J connectivity index is 2.40. The van der Waals surface area contributed by atoms with Gasteiger partial charge in [0.25, 0.3) is 0 Å². The molecule has 21 heavy (non-hydrogen) atoms. The maximum Gasteiger partial charge on any atom is 0.126 e. The van der Waals surface area contributed by atoms with E-state index in [1.807, 2.05) is 0 Å². The monoisotopic (exact) mass is 312 g/mol. The van der Waals surface area contributed by atoms with E-state index in [0.29, 0.717) is 16.1 Å². The zero-order chi connectivity index (χ0) is 15.5. The van der Waals surface area contributed by atoms with Crippen molar-refractivity contribution in [3.63, 3.8) is 0 Å². The molecule has 0 aliphatic heterocycles. The maximum absolute atomic E-state index is 13.3. The molecule has 5 heteroatoms. The van der Waals surface area contributed by atoms with Crippen LogP contribution in [0.15, 0.2) is 42.5 Å². The van der Waals surface area contributed by atoms with Crippen molar-refractivity contribution in [3.05, 3.63) is 70.2 Å². The van der Waals surface area contributed by atoms with Gasteiger partial charge < -0.3 is 10.2 Å². The molecule has 0 saturated carbocycles. The van der Waals surface area contributed by atoms with Crippen LogP contribution in [0.2, 0.25) is 5.02 Å². The van der Waals surface area contributed by atoms with Gasteiger partial charge in [-0.1, -0.05) is 23.7 Å². The van der Waals surface area contributed by atoms with E-state index in [4.69, 9.17) is 11.6 Å². The van der Waals surface area contributed by atoms with E-state index in [0.717, 1.165) is 6.07 Å². The molecule has 0 bridgehead atoms. The van der Waals surface area contributed by atoms with Crippen molar-refractivity contribution in [2.45, 2.75) is 11.8 Å². The fraction of sp³-hybridized carbons (Fsp3) is 0.250. The minimum Gasteiger partial charge on any atom is -0.395 e. The summed E-state index contributed by atoms with van der Waals surface area (Å²) in [7, 11) is 0. The number of benzene rings is 2. The van der Waals surface area contributed by atoms with Gasteiger partial charge in [-0.05, 0) is 41.8 Å². The first kappa shape index (κ1) is 15.9. The Morgan fingerprint density at radius 3 is 1.90 bits per heavy atom. The van der Waals surface area contributed by atoms with Gasteiger partial charge in [0.15, 0.2) is 0 Å². The molecule has 0 aliphatic carbocycles. The molecular weight excluding hydrogens is 298 g/mol. The molecule has 0 amide bonds. The number of aliphatic hydroxyl groups is 2. The summed E-state index contributed by atoms with van der Waals surface area (Å²) in [5.41, 5.74) is -0.00251. The molecule has 0 spiro atoms. The minimum atomic E-state index is -1.02. The molecular formula is C16H15ClF2O2. The van der Waals surface area contributed by atoms with Crippen LogP contribution in [-0.2, 0) is 11.8 Å². The van der Waals surface area contributed by atoms with Crippen molar-refractivity contribution >= 4 is 11.6 Å². The zero-order valence-electron chi connectivity index (χ0n) is 11.2. The molecule has 0 heterocycles. The van der Waals surface area contributed by atoms with Gasteiger partial charge in [0.1, 0.15) is 11.6 Å². The van der Waals surface area contributed by atoms with Gasteiger partial charge in [0.05, 0.1) is 13.2 Å². The van der Waals surface area contributed by atoms with Gasteiger partial charge in [0.2, 0.25) is 0 Å². The quantitative estimate of drug-likeness (QED) is 0.891.